The molecule has 8 rings (SSSR count). The Morgan fingerprint density at radius 3 is 1.21 bits per heavy atom. The van der Waals surface area contributed by atoms with Gasteiger partial charge in [-0.1, -0.05) is 145 Å². The maximum Gasteiger partial charge on any atom is 0.0462 e. The zero-order valence-corrected chi connectivity index (χ0v) is 28.1. The summed E-state index contributed by atoms with van der Waals surface area (Å²) in [7, 11) is 0. The van der Waals surface area contributed by atoms with Crippen LogP contribution in [0, 0.1) is 0 Å². The normalized spacial score (nSPS) is 12.7. The van der Waals surface area contributed by atoms with Gasteiger partial charge in [0.1, 0.15) is 0 Å². The van der Waals surface area contributed by atoms with Crippen molar-refractivity contribution in [3.05, 3.63) is 185 Å². The number of anilines is 3. The molecule has 0 bridgehead atoms. The first-order valence-electron chi connectivity index (χ1n) is 16.1. The van der Waals surface area contributed by atoms with E-state index in [0.717, 1.165) is 21.5 Å². The van der Waals surface area contributed by atoms with E-state index in [2.05, 4.69) is 205 Å². The summed E-state index contributed by atoms with van der Waals surface area (Å²) in [6.07, 6.45) is 0. The van der Waals surface area contributed by atoms with Crippen LogP contribution >= 0.6 is 15.9 Å². The standard InChI is InChI=1S/C45H34BrN/c1-45(2)43-29-36(19-27-41(43)42-28-20-37(46)30-44(42)45)35-17-25-40(26-18-35)47(38-21-13-33(14-22-38)31-9-5-3-6-10-31)39-23-15-34(16-24-39)32-11-7-4-8-12-32/h3-30H,1-2H3. The smallest absolute Gasteiger partial charge is 0.0462 e. The van der Waals surface area contributed by atoms with Crippen molar-refractivity contribution in [1.29, 1.82) is 0 Å². The minimum absolute atomic E-state index is 0.0565. The van der Waals surface area contributed by atoms with E-state index < -0.39 is 0 Å². The van der Waals surface area contributed by atoms with Crippen molar-refractivity contribution >= 4 is 33.0 Å². The highest BCUT2D eigenvalue weighted by atomic mass is 79.9. The van der Waals surface area contributed by atoms with Gasteiger partial charge in [-0.3, -0.25) is 0 Å². The lowest BCUT2D eigenvalue weighted by molar-refractivity contribution is 0.660. The Balaban J connectivity index is 1.15. The average Bonchev–Trinajstić information content (AvgIpc) is 3.35. The molecule has 1 aliphatic carbocycles. The predicted molar refractivity (Wildman–Crippen MR) is 203 cm³/mol. The monoisotopic (exact) mass is 667 g/mol. The molecule has 0 fully saturated rings. The summed E-state index contributed by atoms with van der Waals surface area (Å²) in [6.45, 7) is 4.67. The first-order chi connectivity index (χ1) is 23.0. The van der Waals surface area contributed by atoms with Crippen LogP contribution in [0.5, 0.6) is 0 Å². The fourth-order valence-electron chi connectivity index (χ4n) is 7.01. The minimum atomic E-state index is -0.0565. The van der Waals surface area contributed by atoms with Gasteiger partial charge in [-0.2, -0.15) is 0 Å². The van der Waals surface area contributed by atoms with E-state index in [9.17, 15) is 0 Å². The van der Waals surface area contributed by atoms with Crippen molar-refractivity contribution < 1.29 is 0 Å². The molecule has 0 unspecified atom stereocenters. The zero-order chi connectivity index (χ0) is 32.0. The van der Waals surface area contributed by atoms with Crippen molar-refractivity contribution in [3.63, 3.8) is 0 Å². The molecular formula is C45H34BrN. The van der Waals surface area contributed by atoms with Crippen molar-refractivity contribution in [1.82, 2.24) is 0 Å². The van der Waals surface area contributed by atoms with Crippen LogP contribution in [0.1, 0.15) is 25.0 Å². The van der Waals surface area contributed by atoms with Gasteiger partial charge in [0.05, 0.1) is 0 Å². The summed E-state index contributed by atoms with van der Waals surface area (Å²) in [5.41, 5.74) is 16.0. The Bertz CT molecular complexity index is 2100. The molecule has 0 radical (unpaired) electrons. The van der Waals surface area contributed by atoms with Gasteiger partial charge in [-0.05, 0) is 110 Å². The quantitative estimate of drug-likeness (QED) is 0.170. The zero-order valence-electron chi connectivity index (χ0n) is 26.5. The van der Waals surface area contributed by atoms with E-state index in [1.54, 1.807) is 0 Å². The molecule has 0 N–H and O–H groups in total. The summed E-state index contributed by atoms with van der Waals surface area (Å²) in [6, 6.07) is 61.5. The third kappa shape index (κ3) is 5.39. The van der Waals surface area contributed by atoms with E-state index in [0.29, 0.717) is 0 Å². The summed E-state index contributed by atoms with van der Waals surface area (Å²) in [5.74, 6) is 0. The number of halogens is 1. The lowest BCUT2D eigenvalue weighted by Gasteiger charge is -2.26. The van der Waals surface area contributed by atoms with Gasteiger partial charge in [0.2, 0.25) is 0 Å². The van der Waals surface area contributed by atoms with Gasteiger partial charge in [-0.25, -0.2) is 0 Å². The Morgan fingerprint density at radius 1 is 0.383 bits per heavy atom. The lowest BCUT2D eigenvalue weighted by atomic mass is 9.81. The molecule has 7 aromatic carbocycles. The Kier molecular flexibility index (Phi) is 7.39. The second-order valence-corrected chi connectivity index (χ2v) is 13.7. The van der Waals surface area contributed by atoms with E-state index in [4.69, 9.17) is 0 Å². The molecule has 0 aliphatic heterocycles. The van der Waals surface area contributed by atoms with E-state index in [1.807, 2.05) is 0 Å². The number of fused-ring (bicyclic) bond motifs is 3. The van der Waals surface area contributed by atoms with E-state index in [1.165, 1.54) is 55.6 Å². The second kappa shape index (κ2) is 11.9. The number of nitrogens with zero attached hydrogens (tertiary/aromatic N) is 1. The summed E-state index contributed by atoms with van der Waals surface area (Å²) in [4.78, 5) is 2.34. The van der Waals surface area contributed by atoms with Crippen molar-refractivity contribution in [2.45, 2.75) is 19.3 Å². The van der Waals surface area contributed by atoms with E-state index in [-0.39, 0.29) is 5.41 Å². The third-order valence-electron chi connectivity index (χ3n) is 9.56. The fourth-order valence-corrected chi connectivity index (χ4v) is 7.37. The van der Waals surface area contributed by atoms with Gasteiger partial charge in [0.25, 0.3) is 0 Å². The number of rotatable bonds is 6. The van der Waals surface area contributed by atoms with Gasteiger partial charge >= 0.3 is 0 Å². The Morgan fingerprint density at radius 2 is 0.745 bits per heavy atom. The predicted octanol–water partition coefficient (Wildman–Crippen LogP) is 13.2. The molecule has 1 aliphatic rings. The number of hydrogen-bond donors (Lipinski definition) is 0. The number of benzene rings is 7. The molecule has 226 valence electrons. The van der Waals surface area contributed by atoms with Crippen LogP contribution < -0.4 is 4.90 Å². The summed E-state index contributed by atoms with van der Waals surface area (Å²) in [5, 5.41) is 0. The molecule has 0 aromatic heterocycles. The van der Waals surface area contributed by atoms with Crippen LogP contribution in [0.15, 0.2) is 174 Å². The highest BCUT2D eigenvalue weighted by Crippen LogP contribution is 2.50. The Hall–Kier alpha value is -5.18. The van der Waals surface area contributed by atoms with E-state index >= 15 is 0 Å². The van der Waals surface area contributed by atoms with Crippen LogP contribution in [0.3, 0.4) is 0 Å². The molecule has 0 saturated heterocycles. The van der Waals surface area contributed by atoms with Crippen LogP contribution in [0.4, 0.5) is 17.1 Å². The van der Waals surface area contributed by atoms with Crippen LogP contribution in [0.2, 0.25) is 0 Å². The molecule has 0 atom stereocenters. The van der Waals surface area contributed by atoms with Crippen molar-refractivity contribution in [2.75, 3.05) is 4.90 Å². The SMILES string of the molecule is CC1(C)c2cc(Br)ccc2-c2ccc(-c3ccc(N(c4ccc(-c5ccccc5)cc4)c4ccc(-c5ccccc5)cc4)cc3)cc21. The third-order valence-corrected chi connectivity index (χ3v) is 10.1. The summed E-state index contributed by atoms with van der Waals surface area (Å²) < 4.78 is 1.13. The average molecular weight is 669 g/mol. The maximum atomic E-state index is 3.69. The van der Waals surface area contributed by atoms with Crippen LogP contribution in [-0.4, -0.2) is 0 Å². The van der Waals surface area contributed by atoms with Gasteiger partial charge < -0.3 is 4.90 Å². The van der Waals surface area contributed by atoms with Crippen LogP contribution in [-0.2, 0) is 5.41 Å². The molecular weight excluding hydrogens is 634 g/mol. The molecule has 0 saturated carbocycles. The molecule has 0 heterocycles. The van der Waals surface area contributed by atoms with Crippen molar-refractivity contribution in [2.24, 2.45) is 0 Å². The first kappa shape index (κ1) is 29.2. The molecule has 1 nitrogen and oxygen atoms in total. The number of hydrogen-bond acceptors (Lipinski definition) is 1. The molecule has 0 amide bonds. The minimum Gasteiger partial charge on any atom is -0.311 e. The molecule has 47 heavy (non-hydrogen) atoms. The fraction of sp³-hybridized carbons (Fsp3) is 0.0667. The lowest BCUT2D eigenvalue weighted by Crippen LogP contribution is -2.15. The van der Waals surface area contributed by atoms with Crippen LogP contribution in [0.25, 0.3) is 44.5 Å². The molecule has 2 heteroatoms. The van der Waals surface area contributed by atoms with Gasteiger partial charge in [0.15, 0.2) is 0 Å². The topological polar surface area (TPSA) is 3.24 Å². The second-order valence-electron chi connectivity index (χ2n) is 12.8. The maximum absolute atomic E-state index is 3.69. The Labute approximate surface area is 285 Å². The largest absolute Gasteiger partial charge is 0.311 e. The van der Waals surface area contributed by atoms with Gasteiger partial charge in [0, 0.05) is 26.9 Å². The van der Waals surface area contributed by atoms with Gasteiger partial charge in [-0.15, -0.1) is 0 Å². The first-order valence-corrected chi connectivity index (χ1v) is 16.9. The highest BCUT2D eigenvalue weighted by molar-refractivity contribution is 9.10. The molecule has 7 aromatic rings. The van der Waals surface area contributed by atoms with Crippen molar-refractivity contribution in [3.8, 4) is 44.5 Å². The highest BCUT2D eigenvalue weighted by Gasteiger charge is 2.35. The molecule has 0 spiro atoms. The summed E-state index contributed by atoms with van der Waals surface area (Å²) >= 11 is 3.69.